The normalized spacial score (nSPS) is 25.5. The van der Waals surface area contributed by atoms with Crippen LogP contribution in [0, 0.1) is 0 Å². The van der Waals surface area contributed by atoms with E-state index in [1.54, 1.807) is 0 Å². The molecule has 4 nitrogen and oxygen atoms in total. The lowest BCUT2D eigenvalue weighted by molar-refractivity contribution is -0.195. The van der Waals surface area contributed by atoms with Gasteiger partial charge in [-0.2, -0.15) is 13.2 Å². The van der Waals surface area contributed by atoms with E-state index in [-0.39, 0.29) is 12.6 Å². The topological polar surface area (TPSA) is 55.6 Å². The SMILES string of the molecule is COC1CCCN(C(=O)C(C)(N)C(F)(F)F)C1. The van der Waals surface area contributed by atoms with E-state index in [4.69, 9.17) is 10.5 Å². The lowest BCUT2D eigenvalue weighted by atomic mass is 9.98. The van der Waals surface area contributed by atoms with Crippen LogP contribution < -0.4 is 5.73 Å². The number of amides is 1. The van der Waals surface area contributed by atoms with Gasteiger partial charge < -0.3 is 15.4 Å². The molecule has 0 bridgehead atoms. The molecule has 1 aliphatic heterocycles. The second kappa shape index (κ2) is 4.81. The Bertz CT molecular complexity index is 292. The van der Waals surface area contributed by atoms with Gasteiger partial charge in [0.2, 0.25) is 0 Å². The summed E-state index contributed by atoms with van der Waals surface area (Å²) in [6.45, 7) is 1.16. The molecule has 2 N–H and O–H groups in total. The molecule has 1 amide bonds. The van der Waals surface area contributed by atoms with Crippen molar-refractivity contribution in [3.8, 4) is 0 Å². The minimum atomic E-state index is -4.75. The Balaban J connectivity index is 2.76. The van der Waals surface area contributed by atoms with Crippen LogP contribution in [0.1, 0.15) is 19.8 Å². The van der Waals surface area contributed by atoms with Crippen molar-refractivity contribution in [3.63, 3.8) is 0 Å². The fourth-order valence-corrected chi connectivity index (χ4v) is 1.76. The van der Waals surface area contributed by atoms with Crippen LogP contribution in [0.15, 0.2) is 0 Å². The van der Waals surface area contributed by atoms with E-state index in [9.17, 15) is 18.0 Å². The molecule has 0 aromatic carbocycles. The van der Waals surface area contributed by atoms with Gasteiger partial charge >= 0.3 is 6.18 Å². The maximum Gasteiger partial charge on any atom is 0.415 e. The number of carbonyl (C=O) groups is 1. The third kappa shape index (κ3) is 2.90. The van der Waals surface area contributed by atoms with E-state index in [1.165, 1.54) is 7.11 Å². The summed E-state index contributed by atoms with van der Waals surface area (Å²) in [5, 5.41) is 0. The number of piperidine rings is 1. The lowest BCUT2D eigenvalue weighted by Crippen LogP contribution is -2.63. The number of carbonyl (C=O) groups excluding carboxylic acids is 1. The van der Waals surface area contributed by atoms with Crippen molar-refractivity contribution in [2.45, 2.75) is 37.6 Å². The molecule has 1 heterocycles. The highest BCUT2D eigenvalue weighted by Gasteiger charge is 2.55. The first-order valence-electron chi connectivity index (χ1n) is 5.38. The van der Waals surface area contributed by atoms with Crippen LogP contribution in [0.3, 0.4) is 0 Å². The molecule has 0 aliphatic carbocycles. The highest BCUT2D eigenvalue weighted by atomic mass is 19.4. The smallest absolute Gasteiger partial charge is 0.380 e. The molecule has 17 heavy (non-hydrogen) atoms. The van der Waals surface area contributed by atoms with Crippen molar-refractivity contribution >= 4 is 5.91 Å². The average molecular weight is 254 g/mol. The lowest BCUT2D eigenvalue weighted by Gasteiger charge is -2.37. The zero-order chi connectivity index (χ0) is 13.3. The van der Waals surface area contributed by atoms with Gasteiger partial charge in [-0.3, -0.25) is 4.79 Å². The number of methoxy groups -OCH3 is 1. The quantitative estimate of drug-likeness (QED) is 0.796. The number of nitrogens with zero attached hydrogens (tertiary/aromatic N) is 1. The molecular formula is C10H17F3N2O2. The first kappa shape index (κ1) is 14.2. The maximum absolute atomic E-state index is 12.6. The molecule has 1 rings (SSSR count). The molecule has 0 spiro atoms. The third-order valence-electron chi connectivity index (χ3n) is 3.03. The number of alkyl halides is 3. The summed E-state index contributed by atoms with van der Waals surface area (Å²) in [6, 6.07) is 0. The number of halogens is 3. The Morgan fingerprint density at radius 3 is 2.53 bits per heavy atom. The van der Waals surface area contributed by atoms with Crippen molar-refractivity contribution < 1.29 is 22.7 Å². The van der Waals surface area contributed by atoms with E-state index in [0.717, 1.165) is 11.3 Å². The molecule has 7 heteroatoms. The number of hydrogen-bond acceptors (Lipinski definition) is 3. The molecule has 0 aromatic rings. The van der Waals surface area contributed by atoms with Gasteiger partial charge in [-0.05, 0) is 19.8 Å². The van der Waals surface area contributed by atoms with Crippen molar-refractivity contribution in [1.29, 1.82) is 0 Å². The fourth-order valence-electron chi connectivity index (χ4n) is 1.76. The number of rotatable bonds is 2. The summed E-state index contributed by atoms with van der Waals surface area (Å²) in [7, 11) is 1.48. The molecule has 1 saturated heterocycles. The predicted molar refractivity (Wildman–Crippen MR) is 55.3 cm³/mol. The highest BCUT2D eigenvalue weighted by molar-refractivity contribution is 5.86. The molecule has 2 unspecified atom stereocenters. The summed E-state index contributed by atoms with van der Waals surface area (Å²) in [5.74, 6) is -1.09. The Hall–Kier alpha value is -0.820. The summed E-state index contributed by atoms with van der Waals surface area (Å²) in [4.78, 5) is 12.9. The second-order valence-corrected chi connectivity index (χ2v) is 4.45. The van der Waals surface area contributed by atoms with Crippen LogP contribution in [0.4, 0.5) is 13.2 Å². The van der Waals surface area contributed by atoms with Crippen LogP contribution in [0.2, 0.25) is 0 Å². The van der Waals surface area contributed by atoms with Crippen LogP contribution in [-0.2, 0) is 9.53 Å². The van der Waals surface area contributed by atoms with Gasteiger partial charge in [-0.25, -0.2) is 0 Å². The highest BCUT2D eigenvalue weighted by Crippen LogP contribution is 2.30. The van der Waals surface area contributed by atoms with Gasteiger partial charge in [-0.15, -0.1) is 0 Å². The van der Waals surface area contributed by atoms with Gasteiger partial charge in [0.05, 0.1) is 6.10 Å². The second-order valence-electron chi connectivity index (χ2n) is 4.45. The first-order valence-corrected chi connectivity index (χ1v) is 5.38. The number of nitrogens with two attached hydrogens (primary N) is 1. The Labute approximate surface area is 97.9 Å². The number of likely N-dealkylation sites (tertiary alicyclic amines) is 1. The van der Waals surface area contributed by atoms with Crippen molar-refractivity contribution in [1.82, 2.24) is 4.90 Å². The van der Waals surface area contributed by atoms with E-state index >= 15 is 0 Å². The summed E-state index contributed by atoms with van der Waals surface area (Å²) < 4.78 is 42.9. The zero-order valence-corrected chi connectivity index (χ0v) is 9.88. The van der Waals surface area contributed by atoms with E-state index < -0.39 is 17.6 Å². The Kier molecular flexibility index (Phi) is 4.03. The first-order chi connectivity index (χ1) is 7.70. The third-order valence-corrected chi connectivity index (χ3v) is 3.03. The van der Waals surface area contributed by atoms with Gasteiger partial charge in [0.1, 0.15) is 0 Å². The van der Waals surface area contributed by atoms with E-state index in [2.05, 4.69) is 0 Å². The average Bonchev–Trinajstić information content (AvgIpc) is 2.26. The van der Waals surface area contributed by atoms with Crippen molar-refractivity contribution in [3.05, 3.63) is 0 Å². The van der Waals surface area contributed by atoms with Crippen LogP contribution in [0.25, 0.3) is 0 Å². The molecule has 0 aromatic heterocycles. The standard InChI is InChI=1S/C10H17F3N2O2/c1-9(14,10(11,12)13)8(16)15-5-3-4-7(6-15)17-2/h7H,3-6,14H2,1-2H3. The maximum atomic E-state index is 12.6. The summed E-state index contributed by atoms with van der Waals surface area (Å²) in [6.07, 6.45) is -3.59. The fraction of sp³-hybridized carbons (Fsp3) is 0.900. The van der Waals surface area contributed by atoms with Crippen LogP contribution >= 0.6 is 0 Å². The molecule has 1 fully saturated rings. The van der Waals surface area contributed by atoms with Gasteiger partial charge in [0.25, 0.3) is 5.91 Å². The molecule has 2 atom stereocenters. The molecule has 0 radical (unpaired) electrons. The van der Waals surface area contributed by atoms with Gasteiger partial charge in [-0.1, -0.05) is 0 Å². The predicted octanol–water partition coefficient (Wildman–Crippen LogP) is 0.904. The monoisotopic (exact) mass is 254 g/mol. The Morgan fingerprint density at radius 2 is 2.06 bits per heavy atom. The molecular weight excluding hydrogens is 237 g/mol. The van der Waals surface area contributed by atoms with Crippen LogP contribution in [0.5, 0.6) is 0 Å². The molecule has 1 aliphatic rings. The Morgan fingerprint density at radius 1 is 1.47 bits per heavy atom. The van der Waals surface area contributed by atoms with Gasteiger partial charge in [0, 0.05) is 20.2 Å². The number of hydrogen-bond donors (Lipinski definition) is 1. The van der Waals surface area contributed by atoms with Crippen molar-refractivity contribution in [2.24, 2.45) is 5.73 Å². The van der Waals surface area contributed by atoms with E-state index in [1.807, 2.05) is 0 Å². The largest absolute Gasteiger partial charge is 0.415 e. The minimum Gasteiger partial charge on any atom is -0.380 e. The van der Waals surface area contributed by atoms with Gasteiger partial charge in [0.15, 0.2) is 5.54 Å². The molecule has 0 saturated carbocycles. The minimum absolute atomic E-state index is 0.165. The van der Waals surface area contributed by atoms with Crippen LogP contribution in [-0.4, -0.2) is 48.8 Å². The van der Waals surface area contributed by atoms with Crippen molar-refractivity contribution in [2.75, 3.05) is 20.2 Å². The zero-order valence-electron chi connectivity index (χ0n) is 9.88. The summed E-state index contributed by atoms with van der Waals surface area (Å²) >= 11 is 0. The molecule has 100 valence electrons. The van der Waals surface area contributed by atoms with E-state index in [0.29, 0.717) is 19.9 Å². The number of ether oxygens (including phenoxy) is 1. The summed E-state index contributed by atoms with van der Waals surface area (Å²) in [5.41, 5.74) is 2.27.